The van der Waals surface area contributed by atoms with Crippen molar-refractivity contribution in [1.29, 1.82) is 0 Å². The number of nitrogens with one attached hydrogen (secondary N) is 2. The number of rotatable bonds is 4. The quantitative estimate of drug-likeness (QED) is 0.866. The zero-order valence-electron chi connectivity index (χ0n) is 10.8. The van der Waals surface area contributed by atoms with E-state index in [1.807, 2.05) is 46.0 Å². The Hall–Kier alpha value is -1.06. The van der Waals surface area contributed by atoms with Gasteiger partial charge in [0.2, 0.25) is 0 Å². The smallest absolute Gasteiger partial charge is 0.251 e. The SMILES string of the molecule is CNC(C)CNC(=O)c1ccc(C)c(C)c1.Cl. The van der Waals surface area contributed by atoms with Crippen LogP contribution in [0.3, 0.4) is 0 Å². The molecule has 0 aliphatic heterocycles. The summed E-state index contributed by atoms with van der Waals surface area (Å²) in [6.45, 7) is 6.73. The molecule has 4 heteroatoms. The summed E-state index contributed by atoms with van der Waals surface area (Å²) < 4.78 is 0. The number of likely N-dealkylation sites (N-methyl/N-ethyl adjacent to an activating group) is 1. The number of carbonyl (C=O) groups excluding carboxylic acids is 1. The van der Waals surface area contributed by atoms with E-state index in [1.54, 1.807) is 0 Å². The molecule has 17 heavy (non-hydrogen) atoms. The Morgan fingerprint density at radius 3 is 2.47 bits per heavy atom. The first kappa shape index (κ1) is 15.9. The highest BCUT2D eigenvalue weighted by atomic mass is 35.5. The van der Waals surface area contributed by atoms with E-state index in [0.29, 0.717) is 6.54 Å². The molecule has 0 saturated heterocycles. The molecule has 1 rings (SSSR count). The molecule has 1 unspecified atom stereocenters. The minimum Gasteiger partial charge on any atom is -0.350 e. The summed E-state index contributed by atoms with van der Waals surface area (Å²) in [5, 5.41) is 5.97. The predicted octanol–water partition coefficient (Wildman–Crippen LogP) is 2.06. The van der Waals surface area contributed by atoms with Gasteiger partial charge in [0.25, 0.3) is 5.91 Å². The standard InChI is InChI=1S/C13H20N2O.ClH/c1-9-5-6-12(7-10(9)2)13(16)15-8-11(3)14-4;/h5-7,11,14H,8H2,1-4H3,(H,15,16);1H. The lowest BCUT2D eigenvalue weighted by molar-refractivity contribution is 0.0950. The Morgan fingerprint density at radius 2 is 1.94 bits per heavy atom. The number of halogens is 1. The fraction of sp³-hybridized carbons (Fsp3) is 0.462. The third kappa shape index (κ3) is 4.75. The van der Waals surface area contributed by atoms with Crippen LogP contribution in [-0.4, -0.2) is 25.5 Å². The molecular weight excluding hydrogens is 236 g/mol. The number of aryl methyl sites for hydroxylation is 2. The Balaban J connectivity index is 0.00000256. The van der Waals surface area contributed by atoms with Gasteiger partial charge in [-0.3, -0.25) is 4.79 Å². The van der Waals surface area contributed by atoms with Gasteiger partial charge in [-0.05, 0) is 51.1 Å². The highest BCUT2D eigenvalue weighted by Gasteiger charge is 2.07. The highest BCUT2D eigenvalue weighted by Crippen LogP contribution is 2.09. The third-order valence-corrected chi connectivity index (χ3v) is 2.83. The van der Waals surface area contributed by atoms with Gasteiger partial charge in [0, 0.05) is 18.2 Å². The van der Waals surface area contributed by atoms with Crippen molar-refractivity contribution in [1.82, 2.24) is 10.6 Å². The van der Waals surface area contributed by atoms with Crippen molar-refractivity contribution in [3.63, 3.8) is 0 Å². The van der Waals surface area contributed by atoms with Crippen LogP contribution in [-0.2, 0) is 0 Å². The second-order valence-electron chi connectivity index (χ2n) is 4.20. The molecule has 0 spiro atoms. The van der Waals surface area contributed by atoms with Crippen LogP contribution in [0.2, 0.25) is 0 Å². The lowest BCUT2D eigenvalue weighted by atomic mass is 10.1. The van der Waals surface area contributed by atoms with E-state index in [-0.39, 0.29) is 24.4 Å². The van der Waals surface area contributed by atoms with Gasteiger partial charge >= 0.3 is 0 Å². The monoisotopic (exact) mass is 256 g/mol. The van der Waals surface area contributed by atoms with Crippen molar-refractivity contribution < 1.29 is 4.79 Å². The predicted molar refractivity (Wildman–Crippen MR) is 74.0 cm³/mol. The van der Waals surface area contributed by atoms with Crippen molar-refractivity contribution in [3.05, 3.63) is 34.9 Å². The molecule has 0 heterocycles. The second-order valence-corrected chi connectivity index (χ2v) is 4.20. The van der Waals surface area contributed by atoms with E-state index in [9.17, 15) is 4.79 Å². The maximum Gasteiger partial charge on any atom is 0.251 e. The average molecular weight is 257 g/mol. The summed E-state index contributed by atoms with van der Waals surface area (Å²) in [5.41, 5.74) is 3.08. The molecule has 1 aromatic rings. The topological polar surface area (TPSA) is 41.1 Å². The van der Waals surface area contributed by atoms with Crippen molar-refractivity contribution in [2.75, 3.05) is 13.6 Å². The lowest BCUT2D eigenvalue weighted by Gasteiger charge is -2.12. The van der Waals surface area contributed by atoms with Gasteiger partial charge in [0.05, 0.1) is 0 Å². The van der Waals surface area contributed by atoms with E-state index in [4.69, 9.17) is 0 Å². The van der Waals surface area contributed by atoms with E-state index in [2.05, 4.69) is 10.6 Å². The molecule has 0 aliphatic carbocycles. The first-order valence-corrected chi connectivity index (χ1v) is 5.57. The third-order valence-electron chi connectivity index (χ3n) is 2.83. The van der Waals surface area contributed by atoms with Gasteiger partial charge in [-0.15, -0.1) is 12.4 Å². The second kappa shape index (κ2) is 7.30. The number of amides is 1. The molecule has 1 aromatic carbocycles. The van der Waals surface area contributed by atoms with Crippen LogP contribution in [0.25, 0.3) is 0 Å². The van der Waals surface area contributed by atoms with Crippen molar-refractivity contribution in [2.45, 2.75) is 26.8 Å². The summed E-state index contributed by atoms with van der Waals surface area (Å²) in [7, 11) is 1.88. The van der Waals surface area contributed by atoms with E-state index in [0.717, 1.165) is 11.1 Å². The van der Waals surface area contributed by atoms with E-state index in [1.165, 1.54) is 5.56 Å². The Bertz CT molecular complexity index is 380. The first-order valence-electron chi connectivity index (χ1n) is 5.57. The van der Waals surface area contributed by atoms with E-state index < -0.39 is 0 Å². The molecule has 1 amide bonds. The molecule has 0 fully saturated rings. The summed E-state index contributed by atoms with van der Waals surface area (Å²) in [6, 6.07) is 6.05. The minimum atomic E-state index is -0.00907. The minimum absolute atomic E-state index is 0. The molecule has 0 aliphatic rings. The zero-order chi connectivity index (χ0) is 12.1. The summed E-state index contributed by atoms with van der Waals surface area (Å²) >= 11 is 0. The fourth-order valence-electron chi connectivity index (χ4n) is 1.33. The number of hydrogen-bond acceptors (Lipinski definition) is 2. The highest BCUT2D eigenvalue weighted by molar-refractivity contribution is 5.94. The molecule has 0 bridgehead atoms. The summed E-state index contributed by atoms with van der Waals surface area (Å²) in [6.07, 6.45) is 0. The maximum absolute atomic E-state index is 11.8. The zero-order valence-corrected chi connectivity index (χ0v) is 11.6. The molecule has 0 aromatic heterocycles. The molecule has 0 radical (unpaired) electrons. The first-order chi connectivity index (χ1) is 7.54. The average Bonchev–Trinajstić information content (AvgIpc) is 2.29. The van der Waals surface area contributed by atoms with Gasteiger partial charge in [0.1, 0.15) is 0 Å². The fourth-order valence-corrected chi connectivity index (χ4v) is 1.33. The van der Waals surface area contributed by atoms with Crippen molar-refractivity contribution in [3.8, 4) is 0 Å². The maximum atomic E-state index is 11.8. The van der Waals surface area contributed by atoms with Crippen LogP contribution in [0.4, 0.5) is 0 Å². The molecule has 96 valence electrons. The summed E-state index contributed by atoms with van der Waals surface area (Å²) in [4.78, 5) is 11.8. The number of benzene rings is 1. The van der Waals surface area contributed by atoms with Crippen LogP contribution < -0.4 is 10.6 Å². The van der Waals surface area contributed by atoms with Crippen LogP contribution in [0.5, 0.6) is 0 Å². The van der Waals surface area contributed by atoms with Gasteiger partial charge in [-0.25, -0.2) is 0 Å². The number of carbonyl (C=O) groups is 1. The molecule has 1 atom stereocenters. The van der Waals surface area contributed by atoms with Crippen molar-refractivity contribution >= 4 is 18.3 Å². The number of hydrogen-bond donors (Lipinski definition) is 2. The van der Waals surface area contributed by atoms with Crippen LogP contribution in [0, 0.1) is 13.8 Å². The lowest BCUT2D eigenvalue weighted by Crippen LogP contribution is -2.37. The Kier molecular flexibility index (Phi) is 6.85. The van der Waals surface area contributed by atoms with Crippen LogP contribution in [0.15, 0.2) is 18.2 Å². The van der Waals surface area contributed by atoms with Crippen molar-refractivity contribution in [2.24, 2.45) is 0 Å². The normalized spacial score (nSPS) is 11.5. The Morgan fingerprint density at radius 1 is 1.29 bits per heavy atom. The van der Waals surface area contributed by atoms with Crippen LogP contribution in [0.1, 0.15) is 28.4 Å². The van der Waals surface area contributed by atoms with Gasteiger partial charge in [0.15, 0.2) is 0 Å². The largest absolute Gasteiger partial charge is 0.350 e. The molecule has 3 nitrogen and oxygen atoms in total. The van der Waals surface area contributed by atoms with Gasteiger partial charge in [-0.2, -0.15) is 0 Å². The van der Waals surface area contributed by atoms with Gasteiger partial charge < -0.3 is 10.6 Å². The van der Waals surface area contributed by atoms with Crippen LogP contribution >= 0.6 is 12.4 Å². The molecular formula is C13H21ClN2O. The summed E-state index contributed by atoms with van der Waals surface area (Å²) in [5.74, 6) is -0.00907. The van der Waals surface area contributed by atoms with Gasteiger partial charge in [-0.1, -0.05) is 6.07 Å². The van der Waals surface area contributed by atoms with E-state index >= 15 is 0 Å². The molecule has 0 saturated carbocycles. The Labute approximate surface area is 109 Å². The molecule has 2 N–H and O–H groups in total.